The van der Waals surface area contributed by atoms with Crippen LogP contribution in [0, 0.1) is 0 Å². The summed E-state index contributed by atoms with van der Waals surface area (Å²) in [5.74, 6) is -0.472. The van der Waals surface area contributed by atoms with Gasteiger partial charge in [-0.2, -0.15) is 0 Å². The molecule has 1 atom stereocenters. The van der Waals surface area contributed by atoms with Crippen LogP contribution in [0.4, 0.5) is 0 Å². The number of rotatable bonds is 8. The first-order valence-electron chi connectivity index (χ1n) is 7.93. The van der Waals surface area contributed by atoms with E-state index in [0.717, 1.165) is 5.56 Å². The standard InChI is InChI=1S/C17H21ClNO4P/c1-4-15(20)17-14(12-7-9-13(18)10-8-12)11-16(19-17)24(21,22-5-2)23-6-3/h7-11,14H,4-6H2,1-3H3. The van der Waals surface area contributed by atoms with Gasteiger partial charge in [0.25, 0.3) is 0 Å². The van der Waals surface area contributed by atoms with Crippen LogP contribution in [0.1, 0.15) is 38.7 Å². The lowest BCUT2D eigenvalue weighted by Gasteiger charge is -2.15. The van der Waals surface area contributed by atoms with Gasteiger partial charge in [0.05, 0.1) is 24.8 Å². The first kappa shape index (κ1) is 19.1. The van der Waals surface area contributed by atoms with Crippen LogP contribution < -0.4 is 0 Å². The summed E-state index contributed by atoms with van der Waals surface area (Å²) < 4.78 is 23.6. The molecule has 0 N–H and O–H groups in total. The van der Waals surface area contributed by atoms with Gasteiger partial charge < -0.3 is 9.05 Å². The van der Waals surface area contributed by atoms with Gasteiger partial charge in [0.15, 0.2) is 5.78 Å². The normalized spacial score (nSPS) is 17.6. The quantitative estimate of drug-likeness (QED) is 0.607. The van der Waals surface area contributed by atoms with Gasteiger partial charge in [-0.1, -0.05) is 30.7 Å². The number of ketones is 1. The minimum atomic E-state index is -3.53. The third-order valence-electron chi connectivity index (χ3n) is 3.56. The Bertz CT molecular complexity index is 702. The van der Waals surface area contributed by atoms with Crippen LogP contribution in [-0.2, 0) is 18.4 Å². The van der Waals surface area contributed by atoms with Crippen molar-refractivity contribution in [3.8, 4) is 0 Å². The summed E-state index contributed by atoms with van der Waals surface area (Å²) in [4.78, 5) is 16.6. The number of aliphatic imine (C=N–C) groups is 1. The summed E-state index contributed by atoms with van der Waals surface area (Å²) in [6, 6.07) is 7.16. The predicted octanol–water partition coefficient (Wildman–Crippen LogP) is 4.96. The molecule has 1 aromatic carbocycles. The molecule has 0 saturated carbocycles. The predicted molar refractivity (Wildman–Crippen MR) is 95.9 cm³/mol. The number of hydrogen-bond donors (Lipinski definition) is 0. The fourth-order valence-corrected chi connectivity index (χ4v) is 4.17. The van der Waals surface area contributed by atoms with Gasteiger partial charge in [0, 0.05) is 11.4 Å². The summed E-state index contributed by atoms with van der Waals surface area (Å²) in [5, 5.41) is 0.607. The lowest BCUT2D eigenvalue weighted by Crippen LogP contribution is -2.18. The molecule has 2 rings (SSSR count). The fourth-order valence-electron chi connectivity index (χ4n) is 2.46. The number of Topliss-reactive ketones (excluding diaryl/α,β-unsaturated/α-hetero) is 1. The van der Waals surface area contributed by atoms with Crippen molar-refractivity contribution >= 4 is 30.7 Å². The molecule has 24 heavy (non-hydrogen) atoms. The Balaban J connectivity index is 2.47. The second-order valence-electron chi connectivity index (χ2n) is 5.16. The summed E-state index contributed by atoms with van der Waals surface area (Å²) in [5.41, 5.74) is 1.41. The Labute approximate surface area is 147 Å². The van der Waals surface area contributed by atoms with Crippen LogP contribution in [0.2, 0.25) is 5.02 Å². The molecule has 1 heterocycles. The minimum absolute atomic E-state index is 0.0965. The molecule has 130 valence electrons. The maximum absolute atomic E-state index is 13.0. The van der Waals surface area contributed by atoms with E-state index in [1.54, 1.807) is 39.0 Å². The summed E-state index contributed by atoms with van der Waals surface area (Å²) in [6.45, 7) is 5.70. The topological polar surface area (TPSA) is 65.0 Å². The largest absolute Gasteiger partial charge is 0.379 e. The van der Waals surface area contributed by atoms with Crippen LogP contribution in [0.5, 0.6) is 0 Å². The van der Waals surface area contributed by atoms with Crippen LogP contribution >= 0.6 is 19.2 Å². The van der Waals surface area contributed by atoms with E-state index in [1.807, 2.05) is 12.1 Å². The highest BCUT2D eigenvalue weighted by atomic mass is 35.5. The van der Waals surface area contributed by atoms with Crippen molar-refractivity contribution in [3.05, 3.63) is 46.4 Å². The van der Waals surface area contributed by atoms with E-state index in [1.165, 1.54) is 0 Å². The lowest BCUT2D eigenvalue weighted by atomic mass is 9.92. The number of carbonyl (C=O) groups is 1. The number of nitrogens with zero attached hydrogens (tertiary/aromatic N) is 1. The van der Waals surface area contributed by atoms with E-state index in [0.29, 0.717) is 17.2 Å². The van der Waals surface area contributed by atoms with Gasteiger partial charge in [-0.05, 0) is 37.6 Å². The van der Waals surface area contributed by atoms with Gasteiger partial charge in [-0.3, -0.25) is 9.36 Å². The van der Waals surface area contributed by atoms with Crippen LogP contribution in [-0.4, -0.2) is 24.7 Å². The number of allylic oxidation sites excluding steroid dienone is 1. The van der Waals surface area contributed by atoms with E-state index < -0.39 is 7.60 Å². The van der Waals surface area contributed by atoms with E-state index in [4.69, 9.17) is 20.6 Å². The molecule has 0 amide bonds. The van der Waals surface area contributed by atoms with Crippen molar-refractivity contribution in [2.45, 2.75) is 33.1 Å². The molecule has 7 heteroatoms. The SMILES string of the molecule is CCOP(=O)(OCC)C1=CC(c2ccc(Cl)cc2)C(C(=O)CC)=N1. The zero-order valence-electron chi connectivity index (χ0n) is 14.0. The van der Waals surface area contributed by atoms with E-state index in [2.05, 4.69) is 4.99 Å². The van der Waals surface area contributed by atoms with Gasteiger partial charge in [-0.15, -0.1) is 0 Å². The number of hydrogen-bond acceptors (Lipinski definition) is 5. The smallest absolute Gasteiger partial charge is 0.304 e. The molecular formula is C17H21ClNO4P. The molecule has 1 aliphatic rings. The van der Waals surface area contributed by atoms with Crippen molar-refractivity contribution in [2.75, 3.05) is 13.2 Å². The summed E-state index contributed by atoms with van der Waals surface area (Å²) >= 11 is 5.93. The fraction of sp³-hybridized carbons (Fsp3) is 0.412. The molecule has 0 radical (unpaired) electrons. The van der Waals surface area contributed by atoms with Gasteiger partial charge in [0.1, 0.15) is 5.44 Å². The summed E-state index contributed by atoms with van der Waals surface area (Å²) in [7, 11) is -3.53. The van der Waals surface area contributed by atoms with Crippen LogP contribution in [0.15, 0.2) is 40.8 Å². The zero-order valence-corrected chi connectivity index (χ0v) is 15.6. The molecule has 1 aromatic rings. The van der Waals surface area contributed by atoms with E-state index in [-0.39, 0.29) is 30.4 Å². The molecule has 0 spiro atoms. The van der Waals surface area contributed by atoms with E-state index >= 15 is 0 Å². The first-order valence-corrected chi connectivity index (χ1v) is 9.86. The molecule has 5 nitrogen and oxygen atoms in total. The number of benzene rings is 1. The Morgan fingerprint density at radius 1 is 1.17 bits per heavy atom. The average Bonchev–Trinajstić information content (AvgIpc) is 3.01. The number of halogens is 1. The molecule has 0 saturated heterocycles. The third kappa shape index (κ3) is 4.04. The van der Waals surface area contributed by atoms with Gasteiger partial charge >= 0.3 is 7.60 Å². The third-order valence-corrected chi connectivity index (χ3v) is 5.82. The highest BCUT2D eigenvalue weighted by Gasteiger charge is 2.37. The van der Waals surface area contributed by atoms with Gasteiger partial charge in [0.2, 0.25) is 0 Å². The molecule has 1 unspecified atom stereocenters. The Morgan fingerprint density at radius 2 is 1.75 bits per heavy atom. The Hall–Kier alpha value is -1.26. The van der Waals surface area contributed by atoms with Crippen molar-refractivity contribution in [1.82, 2.24) is 0 Å². The van der Waals surface area contributed by atoms with Crippen molar-refractivity contribution in [1.29, 1.82) is 0 Å². The second kappa shape index (κ2) is 8.21. The average molecular weight is 370 g/mol. The Morgan fingerprint density at radius 3 is 2.25 bits per heavy atom. The van der Waals surface area contributed by atoms with Crippen molar-refractivity contribution < 1.29 is 18.4 Å². The maximum atomic E-state index is 13.0. The zero-order chi connectivity index (χ0) is 17.7. The minimum Gasteiger partial charge on any atom is -0.304 e. The monoisotopic (exact) mass is 369 g/mol. The highest BCUT2D eigenvalue weighted by molar-refractivity contribution is 7.58. The van der Waals surface area contributed by atoms with Crippen LogP contribution in [0.25, 0.3) is 0 Å². The Kier molecular flexibility index (Phi) is 6.53. The summed E-state index contributed by atoms with van der Waals surface area (Å²) in [6.07, 6.45) is 2.01. The highest BCUT2D eigenvalue weighted by Crippen LogP contribution is 2.59. The lowest BCUT2D eigenvalue weighted by molar-refractivity contribution is -0.112. The van der Waals surface area contributed by atoms with E-state index in [9.17, 15) is 9.36 Å². The molecule has 0 aromatic heterocycles. The maximum Gasteiger partial charge on any atom is 0.379 e. The molecule has 0 bridgehead atoms. The van der Waals surface area contributed by atoms with Crippen LogP contribution in [0.3, 0.4) is 0 Å². The molecule has 1 aliphatic heterocycles. The van der Waals surface area contributed by atoms with Crippen molar-refractivity contribution in [3.63, 3.8) is 0 Å². The molecule has 0 aliphatic carbocycles. The molecular weight excluding hydrogens is 349 g/mol. The second-order valence-corrected chi connectivity index (χ2v) is 7.57. The molecule has 0 fully saturated rings. The van der Waals surface area contributed by atoms with Crippen molar-refractivity contribution in [2.24, 2.45) is 4.99 Å². The first-order chi connectivity index (χ1) is 11.4. The number of carbonyl (C=O) groups excluding carboxylic acids is 1. The van der Waals surface area contributed by atoms with Gasteiger partial charge in [-0.25, -0.2) is 4.99 Å².